The summed E-state index contributed by atoms with van der Waals surface area (Å²) in [5.41, 5.74) is 2.55. The van der Waals surface area contributed by atoms with E-state index in [0.29, 0.717) is 0 Å². The molecule has 1 saturated heterocycles. The Bertz CT molecular complexity index is 509. The lowest BCUT2D eigenvalue weighted by molar-refractivity contribution is -0.126. The maximum Gasteiger partial charge on any atom is 0.223 e. The van der Waals surface area contributed by atoms with Crippen molar-refractivity contribution in [3.8, 4) is 0 Å². The van der Waals surface area contributed by atoms with Gasteiger partial charge in [0.1, 0.15) is 0 Å². The van der Waals surface area contributed by atoms with Crippen molar-refractivity contribution in [1.29, 1.82) is 0 Å². The third kappa shape index (κ3) is 5.23. The molecule has 24 heavy (non-hydrogen) atoms. The van der Waals surface area contributed by atoms with E-state index in [1.165, 1.54) is 17.7 Å². The topological polar surface area (TPSA) is 35.6 Å². The third-order valence-electron chi connectivity index (χ3n) is 5.02. The van der Waals surface area contributed by atoms with Crippen LogP contribution in [0.25, 0.3) is 0 Å². The number of benzene rings is 1. The molecule has 134 valence electrons. The van der Waals surface area contributed by atoms with Crippen molar-refractivity contribution in [1.82, 2.24) is 10.2 Å². The minimum Gasteiger partial charge on any atom is -0.370 e. The van der Waals surface area contributed by atoms with Crippen molar-refractivity contribution in [2.75, 3.05) is 44.2 Å². The van der Waals surface area contributed by atoms with Gasteiger partial charge in [0.2, 0.25) is 5.91 Å². The monoisotopic (exact) mass is 331 g/mol. The lowest BCUT2D eigenvalue weighted by Crippen LogP contribution is -2.42. The van der Waals surface area contributed by atoms with Crippen molar-refractivity contribution in [3.63, 3.8) is 0 Å². The SMILES string of the molecule is CCCN1CCC(C(=O)NCCN(CC)c2ccccc2C)CC1. The molecule has 1 fully saturated rings. The van der Waals surface area contributed by atoms with Gasteiger partial charge in [0, 0.05) is 31.2 Å². The fraction of sp³-hybridized carbons (Fsp3) is 0.650. The zero-order chi connectivity index (χ0) is 17.4. The van der Waals surface area contributed by atoms with E-state index >= 15 is 0 Å². The van der Waals surface area contributed by atoms with Gasteiger partial charge in [-0.05, 0) is 64.4 Å². The van der Waals surface area contributed by atoms with Gasteiger partial charge in [0.15, 0.2) is 0 Å². The predicted octanol–water partition coefficient (Wildman–Crippen LogP) is 3.06. The molecule has 1 N–H and O–H groups in total. The summed E-state index contributed by atoms with van der Waals surface area (Å²) < 4.78 is 0. The number of anilines is 1. The summed E-state index contributed by atoms with van der Waals surface area (Å²) in [6, 6.07) is 8.44. The molecule has 0 unspecified atom stereocenters. The smallest absolute Gasteiger partial charge is 0.223 e. The Kier molecular flexibility index (Phi) is 7.57. The van der Waals surface area contributed by atoms with Crippen molar-refractivity contribution in [3.05, 3.63) is 29.8 Å². The molecular formula is C20H33N3O. The molecule has 0 saturated carbocycles. The standard InChI is InChI=1S/C20H33N3O/c1-4-13-22-14-10-18(11-15-22)20(24)21-12-16-23(5-2)19-9-7-6-8-17(19)3/h6-9,18H,4-5,10-16H2,1-3H3,(H,21,24). The van der Waals surface area contributed by atoms with Crippen LogP contribution in [0.5, 0.6) is 0 Å². The van der Waals surface area contributed by atoms with Crippen molar-refractivity contribution >= 4 is 11.6 Å². The van der Waals surface area contributed by atoms with Crippen LogP contribution in [-0.4, -0.2) is 50.1 Å². The van der Waals surface area contributed by atoms with Gasteiger partial charge in [-0.3, -0.25) is 4.79 Å². The quantitative estimate of drug-likeness (QED) is 0.795. The van der Waals surface area contributed by atoms with E-state index in [2.05, 4.69) is 60.2 Å². The Morgan fingerprint density at radius 3 is 2.58 bits per heavy atom. The molecule has 1 aliphatic rings. The number of para-hydroxylation sites is 1. The van der Waals surface area contributed by atoms with Crippen LogP contribution in [0.1, 0.15) is 38.7 Å². The highest BCUT2D eigenvalue weighted by Gasteiger charge is 2.24. The average Bonchev–Trinajstić information content (AvgIpc) is 2.60. The number of hydrogen-bond donors (Lipinski definition) is 1. The molecule has 1 heterocycles. The van der Waals surface area contributed by atoms with Gasteiger partial charge in [0.25, 0.3) is 0 Å². The number of nitrogens with zero attached hydrogens (tertiary/aromatic N) is 2. The molecule has 2 rings (SSSR count). The second kappa shape index (κ2) is 9.67. The summed E-state index contributed by atoms with van der Waals surface area (Å²) in [6.07, 6.45) is 3.20. The van der Waals surface area contributed by atoms with Gasteiger partial charge in [-0.15, -0.1) is 0 Å². The number of aryl methyl sites for hydroxylation is 1. The van der Waals surface area contributed by atoms with E-state index in [-0.39, 0.29) is 11.8 Å². The molecule has 4 nitrogen and oxygen atoms in total. The molecular weight excluding hydrogens is 298 g/mol. The van der Waals surface area contributed by atoms with Gasteiger partial charge in [0.05, 0.1) is 0 Å². The minimum absolute atomic E-state index is 0.201. The fourth-order valence-corrected chi connectivity index (χ4v) is 3.56. The molecule has 1 aliphatic heterocycles. The Morgan fingerprint density at radius 2 is 1.96 bits per heavy atom. The molecule has 1 aromatic carbocycles. The van der Waals surface area contributed by atoms with Crippen LogP contribution in [0.4, 0.5) is 5.69 Å². The summed E-state index contributed by atoms with van der Waals surface area (Å²) in [5, 5.41) is 3.15. The molecule has 0 spiro atoms. The summed E-state index contributed by atoms with van der Waals surface area (Å²) in [6.45, 7) is 12.3. The van der Waals surface area contributed by atoms with Crippen LogP contribution >= 0.6 is 0 Å². The molecule has 1 aromatic rings. The predicted molar refractivity (Wildman–Crippen MR) is 102 cm³/mol. The van der Waals surface area contributed by atoms with E-state index in [9.17, 15) is 4.79 Å². The fourth-order valence-electron chi connectivity index (χ4n) is 3.56. The first-order valence-electron chi connectivity index (χ1n) is 9.46. The molecule has 0 atom stereocenters. The average molecular weight is 332 g/mol. The normalized spacial score (nSPS) is 16.1. The first-order chi connectivity index (χ1) is 11.7. The number of carbonyl (C=O) groups is 1. The van der Waals surface area contributed by atoms with Crippen LogP contribution in [0, 0.1) is 12.8 Å². The van der Waals surface area contributed by atoms with Crippen molar-refractivity contribution in [2.24, 2.45) is 5.92 Å². The van der Waals surface area contributed by atoms with Crippen LogP contribution in [-0.2, 0) is 4.79 Å². The van der Waals surface area contributed by atoms with Gasteiger partial charge < -0.3 is 15.1 Å². The van der Waals surface area contributed by atoms with E-state index in [4.69, 9.17) is 0 Å². The third-order valence-corrected chi connectivity index (χ3v) is 5.02. The first-order valence-corrected chi connectivity index (χ1v) is 9.46. The zero-order valence-corrected chi connectivity index (χ0v) is 15.6. The van der Waals surface area contributed by atoms with Crippen LogP contribution in [0.2, 0.25) is 0 Å². The second-order valence-corrected chi connectivity index (χ2v) is 6.77. The van der Waals surface area contributed by atoms with Crippen LogP contribution in [0.3, 0.4) is 0 Å². The molecule has 0 aromatic heterocycles. The Balaban J connectivity index is 1.75. The number of likely N-dealkylation sites (N-methyl/N-ethyl adjacent to an activating group) is 1. The minimum atomic E-state index is 0.201. The van der Waals surface area contributed by atoms with E-state index in [1.54, 1.807) is 0 Å². The summed E-state index contributed by atoms with van der Waals surface area (Å²) in [5.74, 6) is 0.443. The second-order valence-electron chi connectivity index (χ2n) is 6.77. The maximum atomic E-state index is 12.4. The Morgan fingerprint density at radius 1 is 1.25 bits per heavy atom. The van der Waals surface area contributed by atoms with Crippen molar-refractivity contribution < 1.29 is 4.79 Å². The van der Waals surface area contributed by atoms with Crippen LogP contribution < -0.4 is 10.2 Å². The number of piperidine rings is 1. The molecule has 0 bridgehead atoms. The highest BCUT2D eigenvalue weighted by atomic mass is 16.1. The lowest BCUT2D eigenvalue weighted by atomic mass is 9.96. The summed E-state index contributed by atoms with van der Waals surface area (Å²) >= 11 is 0. The molecule has 0 radical (unpaired) electrons. The largest absolute Gasteiger partial charge is 0.370 e. The zero-order valence-electron chi connectivity index (χ0n) is 15.6. The van der Waals surface area contributed by atoms with E-state index < -0.39 is 0 Å². The number of nitrogens with one attached hydrogen (secondary N) is 1. The molecule has 4 heteroatoms. The molecule has 0 aliphatic carbocycles. The number of amides is 1. The first kappa shape index (κ1) is 18.8. The van der Waals surface area contributed by atoms with E-state index in [0.717, 1.165) is 52.1 Å². The maximum absolute atomic E-state index is 12.4. The lowest BCUT2D eigenvalue weighted by Gasteiger charge is -2.31. The van der Waals surface area contributed by atoms with Gasteiger partial charge in [-0.2, -0.15) is 0 Å². The van der Waals surface area contributed by atoms with E-state index in [1.807, 2.05) is 0 Å². The molecule has 1 amide bonds. The summed E-state index contributed by atoms with van der Waals surface area (Å²) in [4.78, 5) is 17.2. The van der Waals surface area contributed by atoms with Gasteiger partial charge >= 0.3 is 0 Å². The van der Waals surface area contributed by atoms with Crippen LogP contribution in [0.15, 0.2) is 24.3 Å². The number of rotatable bonds is 8. The van der Waals surface area contributed by atoms with Gasteiger partial charge in [-0.1, -0.05) is 25.1 Å². The Hall–Kier alpha value is -1.55. The Labute approximate surface area is 147 Å². The van der Waals surface area contributed by atoms with Crippen molar-refractivity contribution in [2.45, 2.75) is 40.0 Å². The highest BCUT2D eigenvalue weighted by Crippen LogP contribution is 2.19. The summed E-state index contributed by atoms with van der Waals surface area (Å²) in [7, 11) is 0. The number of hydrogen-bond acceptors (Lipinski definition) is 3. The number of carbonyl (C=O) groups excluding carboxylic acids is 1. The van der Waals surface area contributed by atoms with Gasteiger partial charge in [-0.25, -0.2) is 0 Å². The highest BCUT2D eigenvalue weighted by molar-refractivity contribution is 5.78. The number of likely N-dealkylation sites (tertiary alicyclic amines) is 1.